The van der Waals surface area contributed by atoms with Gasteiger partial charge in [0.1, 0.15) is 23.1 Å². The van der Waals surface area contributed by atoms with E-state index in [0.717, 1.165) is 27.5 Å². The molecule has 5 rings (SSSR count). The zero-order valence-electron chi connectivity index (χ0n) is 58.0. The number of aromatic nitrogens is 1. The number of carbonyl (C=O) groups excluding carboxylic acids is 10. The molecule has 0 radical (unpaired) electrons. The number of carbonyl (C=O) groups is 10. The molecule has 0 saturated carbocycles. The van der Waals surface area contributed by atoms with E-state index in [1.54, 1.807) is 58.3 Å². The van der Waals surface area contributed by atoms with Gasteiger partial charge in [0, 0.05) is 83.3 Å². The highest BCUT2D eigenvalue weighted by molar-refractivity contribution is 7.09. The zero-order valence-corrected chi connectivity index (χ0v) is 58.8. The van der Waals surface area contributed by atoms with Crippen LogP contribution in [0.5, 0.6) is 0 Å². The standard InChI is InChI=1S/C70H106N12O12S/c1-14-46(8)62(54(93-12)42-58(86)81-38-22-26-53(81)63(94-13)47(9)64(87)76-52(68-72-36-40-95-68)41-49-23-17-15-18-24-49)80(11)69(91)60(44(4)5)78-67(90)61(45(6)7)79(10)39-34-48-28-30-50(31-29-48)74-65(88)51(25-21-35-73-70(71)92)75-66(89)59(43(2)3)77-55(83)27-19-16-20-37-82-56(84)32-33-57(82)85/h15,17-18,23-24,28-33,36,40,43-47,51-54,59-63H,14,16,19-22,25-27,34-35,37-39,41-42H2,1-13H3,(H,74,88)(H,75,89)(H,76,87)(H,77,83)(H,78,90)(H3,71,73,92)/t46?,47?,51?,52-,53-,54+,59+,60-,61-,62-,63-/m0/s1. The second-order valence-electron chi connectivity index (χ2n) is 26.3. The fourth-order valence-electron chi connectivity index (χ4n) is 12.7. The van der Waals surface area contributed by atoms with Crippen molar-refractivity contribution in [1.29, 1.82) is 0 Å². The summed E-state index contributed by atoms with van der Waals surface area (Å²) < 4.78 is 12.3. The number of hydrogen-bond donors (Lipinski definition) is 7. The van der Waals surface area contributed by atoms with Crippen molar-refractivity contribution in [3.63, 3.8) is 0 Å². The molecule has 0 bridgehead atoms. The molecule has 1 fully saturated rings. The van der Waals surface area contributed by atoms with E-state index >= 15 is 0 Å². The lowest BCUT2D eigenvalue weighted by atomic mass is 9.89. The fraction of sp³-hybridized carbons (Fsp3) is 0.614. The molecule has 11 amide bonds. The quantitative estimate of drug-likeness (QED) is 0.0243. The zero-order chi connectivity index (χ0) is 70.1. The third-order valence-electron chi connectivity index (χ3n) is 18.2. The van der Waals surface area contributed by atoms with E-state index in [9.17, 15) is 47.9 Å². The van der Waals surface area contributed by atoms with Crippen LogP contribution in [0.1, 0.15) is 149 Å². The highest BCUT2D eigenvalue weighted by Crippen LogP contribution is 2.31. The summed E-state index contributed by atoms with van der Waals surface area (Å²) in [7, 11) is 6.71. The Morgan fingerprint density at radius 1 is 0.747 bits per heavy atom. The predicted molar refractivity (Wildman–Crippen MR) is 366 cm³/mol. The van der Waals surface area contributed by atoms with Gasteiger partial charge in [-0.05, 0) is 105 Å². The minimum absolute atomic E-state index is 0.0295. The number of hydrogen-bond acceptors (Lipinski definition) is 15. The first-order chi connectivity index (χ1) is 45.2. The Kier molecular flexibility index (Phi) is 31.9. The molecule has 25 heteroatoms. The second kappa shape index (κ2) is 38.8. The van der Waals surface area contributed by atoms with Crippen molar-refractivity contribution in [1.82, 2.24) is 51.2 Å². The average molecular weight is 1340 g/mol. The molecule has 2 aliphatic rings. The van der Waals surface area contributed by atoms with E-state index < -0.39 is 66.2 Å². The maximum absolute atomic E-state index is 14.9. The van der Waals surface area contributed by atoms with Gasteiger partial charge in [-0.25, -0.2) is 9.78 Å². The van der Waals surface area contributed by atoms with Crippen molar-refractivity contribution in [3.8, 4) is 0 Å². The number of likely N-dealkylation sites (tertiary alicyclic amines) is 1. The molecule has 1 saturated heterocycles. The minimum Gasteiger partial charge on any atom is -0.379 e. The van der Waals surface area contributed by atoms with Crippen molar-refractivity contribution in [2.24, 2.45) is 35.3 Å². The lowest BCUT2D eigenvalue weighted by Crippen LogP contribution is -2.60. The number of urea groups is 1. The number of nitrogens with one attached hydrogen (secondary N) is 6. The van der Waals surface area contributed by atoms with Crippen LogP contribution in [0.15, 0.2) is 78.3 Å². The van der Waals surface area contributed by atoms with Crippen molar-refractivity contribution < 1.29 is 57.4 Å². The van der Waals surface area contributed by atoms with Gasteiger partial charge in [-0.1, -0.05) is 118 Å². The number of nitrogens with zero attached hydrogens (tertiary/aromatic N) is 5. The number of anilines is 1. The van der Waals surface area contributed by atoms with Crippen LogP contribution < -0.4 is 37.6 Å². The molecule has 3 unspecified atom stereocenters. The number of methoxy groups -OCH3 is 2. The third-order valence-corrected chi connectivity index (χ3v) is 19.1. The lowest BCUT2D eigenvalue weighted by molar-refractivity contribution is -0.148. The van der Waals surface area contributed by atoms with Gasteiger partial charge in [-0.15, -0.1) is 11.3 Å². The Morgan fingerprint density at radius 3 is 2.01 bits per heavy atom. The van der Waals surface area contributed by atoms with Gasteiger partial charge < -0.3 is 56.9 Å². The van der Waals surface area contributed by atoms with E-state index in [1.165, 1.54) is 23.5 Å². The highest BCUT2D eigenvalue weighted by atomic mass is 32.1. The van der Waals surface area contributed by atoms with Crippen LogP contribution in [0.4, 0.5) is 10.5 Å². The number of ether oxygens (including phenoxy) is 2. The van der Waals surface area contributed by atoms with Crippen molar-refractivity contribution in [2.45, 2.75) is 194 Å². The Balaban J connectivity index is 1.18. The summed E-state index contributed by atoms with van der Waals surface area (Å²) in [6.45, 7) is 18.5. The fourth-order valence-corrected chi connectivity index (χ4v) is 13.4. The molecule has 0 spiro atoms. The molecule has 2 aliphatic heterocycles. The molecule has 11 atom stereocenters. The molecule has 3 heterocycles. The first kappa shape index (κ1) is 78.1. The number of amides is 11. The lowest BCUT2D eigenvalue weighted by Gasteiger charge is -2.41. The van der Waals surface area contributed by atoms with Crippen LogP contribution in [0.2, 0.25) is 0 Å². The third kappa shape index (κ3) is 23.3. The number of rotatable bonds is 40. The molecule has 24 nitrogen and oxygen atoms in total. The smallest absolute Gasteiger partial charge is 0.312 e. The van der Waals surface area contributed by atoms with Gasteiger partial charge in [0.25, 0.3) is 11.8 Å². The summed E-state index contributed by atoms with van der Waals surface area (Å²) in [6.07, 6.45) is 8.07. The first-order valence-electron chi connectivity index (χ1n) is 33.6. The van der Waals surface area contributed by atoms with Crippen LogP contribution in [-0.4, -0.2) is 187 Å². The second-order valence-corrected chi connectivity index (χ2v) is 27.2. The molecule has 3 aromatic rings. The Hall–Kier alpha value is -7.61. The minimum atomic E-state index is -1.05. The number of nitrogens with two attached hydrogens (primary N) is 1. The average Bonchev–Trinajstić information content (AvgIpc) is 1.81. The number of benzene rings is 2. The maximum Gasteiger partial charge on any atom is 0.312 e. The van der Waals surface area contributed by atoms with Crippen LogP contribution in [0.3, 0.4) is 0 Å². The SMILES string of the molecule is CCC(C)[C@@H]([C@@H](CC(=O)N1CCC[C@H]1[C@@H](OC)C(C)C(=O)N[C@@H](Cc1ccccc1)c1nccs1)OC)N(C)C(=O)[C@@H](NC(=O)[C@H](C(C)C)N(C)CCc1ccc(NC(=O)C(CCCNC(N)=O)NC(=O)[C@H](NC(=O)CCCCCN2C(=O)C=CC2=O)C(C)C)cc1)C(C)C. The summed E-state index contributed by atoms with van der Waals surface area (Å²) in [5, 5.41) is 20.0. The van der Waals surface area contributed by atoms with Crippen molar-refractivity contribution >= 4 is 76.2 Å². The molecule has 95 heavy (non-hydrogen) atoms. The Bertz CT molecular complexity index is 3000. The number of unbranched alkanes of at least 4 members (excludes halogenated alkanes) is 2. The summed E-state index contributed by atoms with van der Waals surface area (Å²) in [6, 6.07) is 11.6. The summed E-state index contributed by atoms with van der Waals surface area (Å²) in [5.41, 5.74) is 7.70. The van der Waals surface area contributed by atoms with Gasteiger partial charge in [0.05, 0.1) is 48.7 Å². The predicted octanol–water partition coefficient (Wildman–Crippen LogP) is 6.30. The van der Waals surface area contributed by atoms with Crippen LogP contribution >= 0.6 is 11.3 Å². The van der Waals surface area contributed by atoms with Crippen molar-refractivity contribution in [3.05, 3.63) is 94.5 Å². The molecule has 524 valence electrons. The molecular formula is C70H106N12O12S. The number of primary amides is 1. The van der Waals surface area contributed by atoms with Crippen LogP contribution in [0, 0.1) is 29.6 Å². The first-order valence-corrected chi connectivity index (χ1v) is 34.5. The number of thiazole rings is 1. The number of imide groups is 1. The van der Waals surface area contributed by atoms with Gasteiger partial charge in [0.15, 0.2) is 0 Å². The van der Waals surface area contributed by atoms with E-state index in [0.29, 0.717) is 70.1 Å². The largest absolute Gasteiger partial charge is 0.379 e. The van der Waals surface area contributed by atoms with Crippen LogP contribution in [-0.2, 0) is 65.5 Å². The van der Waals surface area contributed by atoms with E-state index in [2.05, 4.69) is 36.9 Å². The monoisotopic (exact) mass is 1340 g/mol. The topological polar surface area (TPSA) is 313 Å². The molecule has 1 aromatic heterocycles. The normalized spacial score (nSPS) is 17.2. The van der Waals surface area contributed by atoms with Gasteiger partial charge >= 0.3 is 6.03 Å². The van der Waals surface area contributed by atoms with Gasteiger partial charge in [0.2, 0.25) is 41.4 Å². The van der Waals surface area contributed by atoms with E-state index in [1.807, 2.05) is 113 Å². The summed E-state index contributed by atoms with van der Waals surface area (Å²) >= 11 is 1.48. The summed E-state index contributed by atoms with van der Waals surface area (Å²) in [5.74, 6) is -4.69. The van der Waals surface area contributed by atoms with Crippen LogP contribution in [0.25, 0.3) is 0 Å². The van der Waals surface area contributed by atoms with Crippen molar-refractivity contribution in [2.75, 3.05) is 59.8 Å². The summed E-state index contributed by atoms with van der Waals surface area (Å²) in [4.78, 5) is 145. The van der Waals surface area contributed by atoms with Gasteiger partial charge in [-0.2, -0.15) is 0 Å². The molecule has 0 aliphatic carbocycles. The number of likely N-dealkylation sites (N-methyl/N-ethyl adjacent to an activating group) is 2. The van der Waals surface area contributed by atoms with E-state index in [-0.39, 0.29) is 109 Å². The van der Waals surface area contributed by atoms with Gasteiger partial charge in [-0.3, -0.25) is 53.0 Å². The molecule has 2 aromatic carbocycles. The highest BCUT2D eigenvalue weighted by Gasteiger charge is 2.44. The molecule has 8 N–H and O–H groups in total. The Morgan fingerprint density at radius 2 is 1.42 bits per heavy atom. The van der Waals surface area contributed by atoms with E-state index in [4.69, 9.17) is 15.2 Å². The maximum atomic E-state index is 14.9. The molecular weight excluding hydrogens is 1230 g/mol. The Labute approximate surface area is 565 Å².